The molecule has 1 amide bonds. The molecule has 1 aromatic rings. The Morgan fingerprint density at radius 2 is 2.09 bits per heavy atom. The molecule has 0 aromatic heterocycles. The van der Waals surface area contributed by atoms with E-state index in [1.165, 1.54) is 18.4 Å². The number of carbonyl (C=O) groups excluding carboxylic acids is 1. The zero-order valence-corrected chi connectivity index (χ0v) is 14.2. The molecule has 4 nitrogen and oxygen atoms in total. The summed E-state index contributed by atoms with van der Waals surface area (Å²) >= 11 is 0. The Hall–Kier alpha value is -1.10. The lowest BCUT2D eigenvalue weighted by Crippen LogP contribution is -2.47. The molecule has 1 aromatic carbocycles. The van der Waals surface area contributed by atoms with Crippen molar-refractivity contribution in [3.8, 4) is 0 Å². The molecular formula is C17H26ClN3O. The molecule has 2 aliphatic rings. The van der Waals surface area contributed by atoms with Crippen LogP contribution in [0.1, 0.15) is 25.3 Å². The maximum absolute atomic E-state index is 12.7. The average Bonchev–Trinajstić information content (AvgIpc) is 3.20. The second-order valence-electron chi connectivity index (χ2n) is 6.50. The van der Waals surface area contributed by atoms with E-state index in [9.17, 15) is 4.79 Å². The second-order valence-corrected chi connectivity index (χ2v) is 6.50. The lowest BCUT2D eigenvalue weighted by atomic mass is 10.1. The highest BCUT2D eigenvalue weighted by Crippen LogP contribution is 2.35. The molecule has 22 heavy (non-hydrogen) atoms. The van der Waals surface area contributed by atoms with Crippen LogP contribution in [0.4, 0.5) is 5.69 Å². The van der Waals surface area contributed by atoms with Crippen molar-refractivity contribution >= 4 is 24.0 Å². The maximum Gasteiger partial charge on any atom is 0.241 e. The van der Waals surface area contributed by atoms with E-state index in [0.29, 0.717) is 25.0 Å². The SMILES string of the molecule is CC1Cc2ccccc2N1C(=O)CN(C)C(CN)C1CC1.Cl. The molecule has 0 spiro atoms. The summed E-state index contributed by atoms with van der Waals surface area (Å²) in [5.41, 5.74) is 8.24. The summed E-state index contributed by atoms with van der Waals surface area (Å²) in [7, 11) is 2.03. The van der Waals surface area contributed by atoms with Crippen LogP contribution >= 0.6 is 12.4 Å². The minimum atomic E-state index is 0. The fourth-order valence-electron chi connectivity index (χ4n) is 3.57. The monoisotopic (exact) mass is 323 g/mol. The third-order valence-electron chi connectivity index (χ3n) is 4.83. The number of nitrogens with two attached hydrogens (primary N) is 1. The standard InChI is InChI=1S/C17H25N3O.ClH/c1-12-9-14-5-3-4-6-15(14)20(12)17(21)11-19(2)16(10-18)13-7-8-13;/h3-6,12-13,16H,7-11,18H2,1-2H3;1H. The van der Waals surface area contributed by atoms with Gasteiger partial charge in [0.15, 0.2) is 0 Å². The van der Waals surface area contributed by atoms with Gasteiger partial charge in [0, 0.05) is 24.3 Å². The molecule has 1 fully saturated rings. The third-order valence-corrected chi connectivity index (χ3v) is 4.83. The summed E-state index contributed by atoms with van der Waals surface area (Å²) in [4.78, 5) is 16.8. The maximum atomic E-state index is 12.7. The van der Waals surface area contributed by atoms with Crippen molar-refractivity contribution in [3.63, 3.8) is 0 Å². The Morgan fingerprint density at radius 3 is 2.73 bits per heavy atom. The van der Waals surface area contributed by atoms with Gasteiger partial charge in [-0.05, 0) is 50.8 Å². The number of hydrogen-bond donors (Lipinski definition) is 1. The van der Waals surface area contributed by atoms with Gasteiger partial charge in [0.2, 0.25) is 5.91 Å². The van der Waals surface area contributed by atoms with Crippen molar-refractivity contribution in [2.75, 3.05) is 25.0 Å². The summed E-state index contributed by atoms with van der Waals surface area (Å²) in [5, 5.41) is 0. The fraction of sp³-hybridized carbons (Fsp3) is 0.588. The van der Waals surface area contributed by atoms with Crippen LogP contribution < -0.4 is 10.6 Å². The predicted octanol–water partition coefficient (Wildman–Crippen LogP) is 2.06. The van der Waals surface area contributed by atoms with Crippen LogP contribution in [0.5, 0.6) is 0 Å². The summed E-state index contributed by atoms with van der Waals surface area (Å²) in [5.74, 6) is 0.880. The molecule has 2 unspecified atom stereocenters. The number of likely N-dealkylation sites (N-methyl/N-ethyl adjacent to an activating group) is 1. The zero-order chi connectivity index (χ0) is 15.0. The highest BCUT2D eigenvalue weighted by atomic mass is 35.5. The van der Waals surface area contributed by atoms with Crippen molar-refractivity contribution < 1.29 is 4.79 Å². The predicted molar refractivity (Wildman–Crippen MR) is 92.5 cm³/mol. The first-order chi connectivity index (χ1) is 10.1. The Labute approximate surface area is 139 Å². The van der Waals surface area contributed by atoms with Crippen LogP contribution in [0.2, 0.25) is 0 Å². The topological polar surface area (TPSA) is 49.6 Å². The quantitative estimate of drug-likeness (QED) is 0.902. The molecule has 1 heterocycles. The van der Waals surface area contributed by atoms with E-state index in [-0.39, 0.29) is 24.4 Å². The number of fused-ring (bicyclic) bond motifs is 1. The zero-order valence-electron chi connectivity index (χ0n) is 13.4. The molecular weight excluding hydrogens is 298 g/mol. The van der Waals surface area contributed by atoms with E-state index in [1.807, 2.05) is 24.1 Å². The summed E-state index contributed by atoms with van der Waals surface area (Å²) in [6.07, 6.45) is 3.46. The summed E-state index contributed by atoms with van der Waals surface area (Å²) in [6, 6.07) is 8.83. The van der Waals surface area contributed by atoms with Gasteiger partial charge in [0.05, 0.1) is 6.54 Å². The highest BCUT2D eigenvalue weighted by molar-refractivity contribution is 5.97. The van der Waals surface area contributed by atoms with E-state index >= 15 is 0 Å². The van der Waals surface area contributed by atoms with Gasteiger partial charge in [-0.1, -0.05) is 18.2 Å². The number of benzene rings is 1. The van der Waals surface area contributed by atoms with Gasteiger partial charge in [0.25, 0.3) is 0 Å². The van der Waals surface area contributed by atoms with Gasteiger partial charge in [-0.25, -0.2) is 0 Å². The first kappa shape index (κ1) is 17.3. The molecule has 3 rings (SSSR count). The lowest BCUT2D eigenvalue weighted by Gasteiger charge is -2.30. The molecule has 0 bridgehead atoms. The normalized spacial score (nSPS) is 21.5. The first-order valence-electron chi connectivity index (χ1n) is 7.92. The van der Waals surface area contributed by atoms with Crippen molar-refractivity contribution in [2.45, 2.75) is 38.3 Å². The van der Waals surface area contributed by atoms with Crippen LogP contribution in [0.25, 0.3) is 0 Å². The van der Waals surface area contributed by atoms with Crippen molar-refractivity contribution in [2.24, 2.45) is 11.7 Å². The van der Waals surface area contributed by atoms with E-state index in [1.54, 1.807) is 0 Å². The number of amides is 1. The largest absolute Gasteiger partial charge is 0.329 e. The van der Waals surface area contributed by atoms with Gasteiger partial charge in [-0.2, -0.15) is 0 Å². The smallest absolute Gasteiger partial charge is 0.241 e. The lowest BCUT2D eigenvalue weighted by molar-refractivity contribution is -0.120. The van der Waals surface area contributed by atoms with Crippen molar-refractivity contribution in [1.29, 1.82) is 0 Å². The Morgan fingerprint density at radius 1 is 1.41 bits per heavy atom. The number of anilines is 1. The number of rotatable bonds is 5. The van der Waals surface area contributed by atoms with Gasteiger partial charge >= 0.3 is 0 Å². The van der Waals surface area contributed by atoms with Crippen molar-refractivity contribution in [1.82, 2.24) is 4.90 Å². The van der Waals surface area contributed by atoms with Crippen molar-refractivity contribution in [3.05, 3.63) is 29.8 Å². The van der Waals surface area contributed by atoms with Crippen LogP contribution in [-0.4, -0.2) is 43.0 Å². The molecule has 5 heteroatoms. The Bertz CT molecular complexity index is 532. The number of para-hydroxylation sites is 1. The molecule has 2 N–H and O–H groups in total. The molecule has 0 saturated heterocycles. The fourth-order valence-corrected chi connectivity index (χ4v) is 3.57. The van der Waals surface area contributed by atoms with Gasteiger partial charge in [-0.3, -0.25) is 9.69 Å². The first-order valence-corrected chi connectivity index (χ1v) is 7.92. The van der Waals surface area contributed by atoms with Crippen LogP contribution in [0, 0.1) is 5.92 Å². The van der Waals surface area contributed by atoms with E-state index in [4.69, 9.17) is 5.73 Å². The average molecular weight is 324 g/mol. The highest BCUT2D eigenvalue weighted by Gasteiger charge is 2.36. The molecule has 0 radical (unpaired) electrons. The summed E-state index contributed by atoms with van der Waals surface area (Å²) < 4.78 is 0. The van der Waals surface area contributed by atoms with Crippen LogP contribution in [0.15, 0.2) is 24.3 Å². The number of carbonyl (C=O) groups is 1. The second kappa shape index (κ2) is 6.99. The number of nitrogens with zero attached hydrogens (tertiary/aromatic N) is 2. The van der Waals surface area contributed by atoms with E-state index < -0.39 is 0 Å². The summed E-state index contributed by atoms with van der Waals surface area (Å²) in [6.45, 7) is 3.22. The third kappa shape index (κ3) is 3.29. The minimum Gasteiger partial charge on any atom is -0.329 e. The molecule has 2 atom stereocenters. The Kier molecular flexibility index (Phi) is 5.48. The molecule has 122 valence electrons. The van der Waals surface area contributed by atoms with Gasteiger partial charge in [0.1, 0.15) is 0 Å². The molecule has 1 aliphatic carbocycles. The van der Waals surface area contributed by atoms with Crippen LogP contribution in [-0.2, 0) is 11.2 Å². The number of hydrogen-bond acceptors (Lipinski definition) is 3. The van der Waals surface area contributed by atoms with Crippen LogP contribution in [0.3, 0.4) is 0 Å². The van der Waals surface area contributed by atoms with Gasteiger partial charge < -0.3 is 10.6 Å². The van der Waals surface area contributed by atoms with Gasteiger partial charge in [-0.15, -0.1) is 12.4 Å². The molecule has 1 saturated carbocycles. The molecule has 1 aliphatic heterocycles. The minimum absolute atomic E-state index is 0. The Balaban J connectivity index is 0.00000176. The van der Waals surface area contributed by atoms with E-state index in [2.05, 4.69) is 24.0 Å². The number of halogens is 1. The van der Waals surface area contributed by atoms with E-state index in [0.717, 1.165) is 12.1 Å².